The van der Waals surface area contributed by atoms with Crippen molar-refractivity contribution in [2.75, 3.05) is 17.3 Å². The van der Waals surface area contributed by atoms with Crippen molar-refractivity contribution in [3.8, 4) is 0 Å². The Bertz CT molecular complexity index is 223. The Morgan fingerprint density at radius 3 is 2.92 bits per heavy atom. The van der Waals surface area contributed by atoms with Crippen LogP contribution in [0.4, 0.5) is 0 Å². The van der Waals surface area contributed by atoms with Crippen LogP contribution in [0, 0.1) is 0 Å². The maximum Gasteiger partial charge on any atom is 0.524 e. The molecule has 2 N–H and O–H groups in total. The molecule has 0 bridgehead atoms. The minimum Gasteiger partial charge on any atom is -0.407 e. The quantitative estimate of drug-likeness (QED) is 0.697. The Hall–Kier alpha value is 0.390. The zero-order valence-corrected chi connectivity index (χ0v) is 8.70. The average Bonchev–Trinajstić information content (AvgIpc) is 2.12. The van der Waals surface area contributed by atoms with Crippen LogP contribution in [0.25, 0.3) is 0 Å². The fourth-order valence-electron chi connectivity index (χ4n) is 0.666. The first kappa shape index (κ1) is 10.5. The number of hydrogen-bond acceptors (Lipinski definition) is 4. The number of phosphoric acid groups is 1. The molecule has 1 heterocycles. The molecule has 7 heteroatoms. The molecular formula is C5H9O4PS2. The van der Waals surface area contributed by atoms with E-state index in [1.165, 1.54) is 11.8 Å². The van der Waals surface area contributed by atoms with Gasteiger partial charge in [0, 0.05) is 16.9 Å². The van der Waals surface area contributed by atoms with E-state index in [4.69, 9.17) is 9.79 Å². The van der Waals surface area contributed by atoms with Crippen LogP contribution in [0.1, 0.15) is 0 Å². The molecule has 4 nitrogen and oxygen atoms in total. The normalized spacial score (nSPS) is 19.7. The molecule has 1 aliphatic rings. The summed E-state index contributed by atoms with van der Waals surface area (Å²) in [5, 5.41) is 1.67. The van der Waals surface area contributed by atoms with Crippen LogP contribution < -0.4 is 0 Å². The molecule has 0 aliphatic carbocycles. The lowest BCUT2D eigenvalue weighted by Crippen LogP contribution is -1.92. The van der Waals surface area contributed by atoms with Gasteiger partial charge in [0.05, 0.1) is 5.75 Å². The zero-order chi connectivity index (χ0) is 9.03. The fourth-order valence-corrected chi connectivity index (χ4v) is 3.13. The summed E-state index contributed by atoms with van der Waals surface area (Å²) in [5.74, 6) is 2.85. The summed E-state index contributed by atoms with van der Waals surface area (Å²) < 4.78 is 14.9. The largest absolute Gasteiger partial charge is 0.524 e. The van der Waals surface area contributed by atoms with E-state index in [1.54, 1.807) is 17.2 Å². The number of thioether (sulfide) groups is 2. The van der Waals surface area contributed by atoms with Crippen molar-refractivity contribution in [2.24, 2.45) is 0 Å². The van der Waals surface area contributed by atoms with Gasteiger partial charge in [-0.3, -0.25) is 9.79 Å². The first-order chi connectivity index (χ1) is 5.58. The second-order valence-electron chi connectivity index (χ2n) is 2.09. The molecule has 1 aliphatic heterocycles. The van der Waals surface area contributed by atoms with Gasteiger partial charge in [-0.2, -0.15) is 11.8 Å². The molecule has 0 fully saturated rings. The van der Waals surface area contributed by atoms with Gasteiger partial charge >= 0.3 is 7.82 Å². The number of hydrogen-bond donors (Lipinski definition) is 2. The molecule has 0 saturated heterocycles. The molecular weight excluding hydrogens is 219 g/mol. The molecule has 0 aromatic heterocycles. The maximum absolute atomic E-state index is 10.4. The lowest BCUT2D eigenvalue weighted by molar-refractivity contribution is 0.244. The van der Waals surface area contributed by atoms with Crippen LogP contribution in [0.15, 0.2) is 11.2 Å². The lowest BCUT2D eigenvalue weighted by Gasteiger charge is -2.07. The van der Waals surface area contributed by atoms with Crippen molar-refractivity contribution < 1.29 is 18.9 Å². The first-order valence-electron chi connectivity index (χ1n) is 3.21. The van der Waals surface area contributed by atoms with E-state index in [1.807, 2.05) is 0 Å². The number of phosphoric ester groups is 1. The highest BCUT2D eigenvalue weighted by molar-refractivity contribution is 8.05. The number of rotatable bonds is 2. The molecule has 0 aromatic rings. The molecule has 0 amide bonds. The van der Waals surface area contributed by atoms with Crippen molar-refractivity contribution >= 4 is 31.3 Å². The van der Waals surface area contributed by atoms with Crippen molar-refractivity contribution in [2.45, 2.75) is 0 Å². The predicted octanol–water partition coefficient (Wildman–Crippen LogP) is 1.42. The summed E-state index contributed by atoms with van der Waals surface area (Å²) in [7, 11) is -4.35. The van der Waals surface area contributed by atoms with Crippen LogP contribution >= 0.6 is 31.3 Å². The summed E-state index contributed by atoms with van der Waals surface area (Å²) in [4.78, 5) is 17.0. The second-order valence-corrected chi connectivity index (χ2v) is 5.34. The van der Waals surface area contributed by atoms with Gasteiger partial charge in [0.15, 0.2) is 0 Å². The summed E-state index contributed by atoms with van der Waals surface area (Å²) in [6, 6.07) is 0. The smallest absolute Gasteiger partial charge is 0.407 e. The van der Waals surface area contributed by atoms with Gasteiger partial charge in [-0.25, -0.2) is 4.57 Å². The van der Waals surface area contributed by atoms with Gasteiger partial charge in [0.25, 0.3) is 0 Å². The van der Waals surface area contributed by atoms with E-state index in [-0.39, 0.29) is 0 Å². The molecule has 0 radical (unpaired) electrons. The van der Waals surface area contributed by atoms with Crippen molar-refractivity contribution in [3.05, 3.63) is 11.2 Å². The average molecular weight is 228 g/mol. The third-order valence-electron chi connectivity index (χ3n) is 1.04. The van der Waals surface area contributed by atoms with E-state index < -0.39 is 7.82 Å². The highest BCUT2D eigenvalue weighted by Gasteiger charge is 2.18. The Kier molecular flexibility index (Phi) is 3.99. The Labute approximate surface area is 79.0 Å². The molecule has 0 spiro atoms. The van der Waals surface area contributed by atoms with Crippen LogP contribution in [-0.4, -0.2) is 27.0 Å². The van der Waals surface area contributed by atoms with Gasteiger partial charge < -0.3 is 4.52 Å². The van der Waals surface area contributed by atoms with Gasteiger partial charge in [0.2, 0.25) is 0 Å². The van der Waals surface area contributed by atoms with E-state index in [9.17, 15) is 4.57 Å². The molecule has 0 aromatic carbocycles. The minimum atomic E-state index is -4.35. The van der Waals surface area contributed by atoms with Crippen molar-refractivity contribution in [1.29, 1.82) is 0 Å². The van der Waals surface area contributed by atoms with Gasteiger partial charge in [-0.15, -0.1) is 11.8 Å². The summed E-state index contributed by atoms with van der Waals surface area (Å²) in [6.45, 7) is 0. The van der Waals surface area contributed by atoms with Crippen molar-refractivity contribution in [3.63, 3.8) is 0 Å². The molecule has 0 atom stereocenters. The third-order valence-corrected chi connectivity index (χ3v) is 3.62. The standard InChI is InChI=1S/C5H9O4PS2/c6-10(7,8)9-5-3-11-1-2-12-4-5/h3H,1-2,4H2,(H2,6,7,8). The highest BCUT2D eigenvalue weighted by atomic mass is 32.2. The molecule has 0 unspecified atom stereocenters. The first-order valence-corrected chi connectivity index (χ1v) is 6.95. The van der Waals surface area contributed by atoms with Crippen LogP contribution in [0.5, 0.6) is 0 Å². The summed E-state index contributed by atoms with van der Waals surface area (Å²) in [6.07, 6.45) is 0. The maximum atomic E-state index is 10.4. The molecule has 12 heavy (non-hydrogen) atoms. The topological polar surface area (TPSA) is 66.8 Å². The highest BCUT2D eigenvalue weighted by Crippen LogP contribution is 2.40. The van der Waals surface area contributed by atoms with E-state index >= 15 is 0 Å². The van der Waals surface area contributed by atoms with Gasteiger partial charge in [-0.05, 0) is 0 Å². The minimum absolute atomic E-state index is 0.371. The second kappa shape index (κ2) is 4.58. The van der Waals surface area contributed by atoms with Crippen LogP contribution in [0.3, 0.4) is 0 Å². The van der Waals surface area contributed by atoms with E-state index in [0.717, 1.165) is 11.5 Å². The summed E-state index contributed by atoms with van der Waals surface area (Å²) >= 11 is 3.12. The molecule has 1 rings (SSSR count). The Balaban J connectivity index is 2.50. The predicted molar refractivity (Wildman–Crippen MR) is 51.0 cm³/mol. The van der Waals surface area contributed by atoms with Crippen molar-refractivity contribution in [1.82, 2.24) is 0 Å². The lowest BCUT2D eigenvalue weighted by atomic mass is 10.7. The Morgan fingerprint density at radius 2 is 2.25 bits per heavy atom. The molecule has 70 valence electrons. The summed E-state index contributed by atoms with van der Waals surface area (Å²) in [5.41, 5.74) is 0. The third kappa shape index (κ3) is 4.42. The van der Waals surface area contributed by atoms with Crippen LogP contribution in [0.2, 0.25) is 0 Å². The van der Waals surface area contributed by atoms with Gasteiger partial charge in [0.1, 0.15) is 5.76 Å². The Morgan fingerprint density at radius 1 is 1.50 bits per heavy atom. The van der Waals surface area contributed by atoms with E-state index in [0.29, 0.717) is 11.5 Å². The fraction of sp³-hybridized carbons (Fsp3) is 0.600. The van der Waals surface area contributed by atoms with Crippen LogP contribution in [-0.2, 0) is 9.09 Å². The SMILES string of the molecule is O=P(O)(O)OC1=CSCCSC1. The monoisotopic (exact) mass is 228 g/mol. The molecule has 0 saturated carbocycles. The zero-order valence-electron chi connectivity index (χ0n) is 6.17. The van der Waals surface area contributed by atoms with E-state index in [2.05, 4.69) is 4.52 Å². The van der Waals surface area contributed by atoms with Gasteiger partial charge in [-0.1, -0.05) is 0 Å².